The van der Waals surface area contributed by atoms with Crippen molar-refractivity contribution in [3.05, 3.63) is 54.4 Å². The molecule has 0 unspecified atom stereocenters. The fraction of sp³-hybridized carbons (Fsp3) is 0.533. The van der Waals surface area contributed by atoms with Crippen molar-refractivity contribution in [3.8, 4) is 11.1 Å². The van der Waals surface area contributed by atoms with Crippen molar-refractivity contribution in [2.45, 2.75) is 50.9 Å². The number of carbonyl (C=O) groups is 1. The Morgan fingerprint density at radius 3 is 2.32 bits per heavy atom. The lowest BCUT2D eigenvalue weighted by Crippen LogP contribution is -2.49. The molecule has 2 aromatic heterocycles. The van der Waals surface area contributed by atoms with Crippen molar-refractivity contribution in [2.24, 2.45) is 5.92 Å². The second-order valence-electron chi connectivity index (χ2n) is 11.4. The van der Waals surface area contributed by atoms with Crippen LogP contribution in [0.25, 0.3) is 16.6 Å². The molecule has 2 atom stereocenters. The van der Waals surface area contributed by atoms with E-state index in [1.165, 1.54) is 5.56 Å². The molecule has 1 saturated carbocycles. The number of piperidine rings is 1. The summed E-state index contributed by atoms with van der Waals surface area (Å²) in [5.74, 6) is -0.424. The number of methoxy groups -OCH3 is 1. The molecule has 3 fully saturated rings. The zero-order valence-corrected chi connectivity index (χ0v) is 22.6. The fourth-order valence-corrected chi connectivity index (χ4v) is 6.23. The number of aromatic nitrogens is 2. The van der Waals surface area contributed by atoms with E-state index < -0.39 is 12.1 Å². The van der Waals surface area contributed by atoms with Crippen LogP contribution in [0.1, 0.15) is 38.7 Å². The highest BCUT2D eigenvalue weighted by atomic mass is 19.1. The third kappa shape index (κ3) is 4.58. The summed E-state index contributed by atoms with van der Waals surface area (Å²) in [6, 6.07) is 13.6. The summed E-state index contributed by atoms with van der Waals surface area (Å²) in [6.45, 7) is 9.33. The molecule has 0 spiro atoms. The number of hydrogen-bond acceptors (Lipinski definition) is 5. The molecule has 1 amide bonds. The van der Waals surface area contributed by atoms with E-state index in [0.29, 0.717) is 25.6 Å². The number of anilines is 1. The predicted molar refractivity (Wildman–Crippen MR) is 147 cm³/mol. The predicted octanol–water partition coefficient (Wildman–Crippen LogP) is 4.35. The summed E-state index contributed by atoms with van der Waals surface area (Å²) < 4.78 is 21.4. The fourth-order valence-electron chi connectivity index (χ4n) is 6.23. The van der Waals surface area contributed by atoms with Gasteiger partial charge in [-0.3, -0.25) is 4.79 Å². The number of hydrogen-bond donors (Lipinski definition) is 0. The number of piperazine rings is 1. The van der Waals surface area contributed by atoms with Gasteiger partial charge in [-0.15, -0.1) is 0 Å². The Morgan fingerprint density at radius 2 is 1.71 bits per heavy atom. The van der Waals surface area contributed by atoms with Crippen molar-refractivity contribution in [1.82, 2.24) is 19.4 Å². The lowest BCUT2D eigenvalue weighted by atomic mass is 9.83. The van der Waals surface area contributed by atoms with Gasteiger partial charge in [-0.25, -0.2) is 8.91 Å². The summed E-state index contributed by atoms with van der Waals surface area (Å²) in [4.78, 5) is 19.1. The average molecular weight is 520 g/mol. The molecule has 0 radical (unpaired) electrons. The van der Waals surface area contributed by atoms with Gasteiger partial charge in [0, 0.05) is 70.4 Å². The number of benzene rings is 1. The van der Waals surface area contributed by atoms with Crippen LogP contribution < -0.4 is 4.90 Å². The second-order valence-corrected chi connectivity index (χ2v) is 11.4. The molecule has 8 heteroatoms. The largest absolute Gasteiger partial charge is 0.373 e. The SMILES string of the molecule is COC1(c2ccc(-c3cc4c(N5CCN(C(=O)[C@H]6C[C@@H]6F)CC5)ccnn4c3)cc2)CCN(C(C)C)CC1. The number of fused-ring (bicyclic) bond motifs is 1. The normalized spacial score (nSPS) is 23.8. The van der Waals surface area contributed by atoms with Crippen molar-refractivity contribution in [2.75, 3.05) is 51.3 Å². The third-order valence-corrected chi connectivity index (χ3v) is 8.92. The molecule has 2 aliphatic heterocycles. The lowest BCUT2D eigenvalue weighted by Gasteiger charge is -2.42. The van der Waals surface area contributed by atoms with Crippen molar-refractivity contribution < 1.29 is 13.9 Å². The molecule has 2 saturated heterocycles. The monoisotopic (exact) mass is 519 g/mol. The van der Waals surface area contributed by atoms with Crippen molar-refractivity contribution in [1.29, 1.82) is 0 Å². The van der Waals surface area contributed by atoms with Crippen LogP contribution in [0.3, 0.4) is 0 Å². The first-order valence-corrected chi connectivity index (χ1v) is 13.9. The topological polar surface area (TPSA) is 53.3 Å². The van der Waals surface area contributed by atoms with Gasteiger partial charge >= 0.3 is 0 Å². The summed E-state index contributed by atoms with van der Waals surface area (Å²) in [5, 5.41) is 4.56. The average Bonchev–Trinajstić information content (AvgIpc) is 3.52. The van der Waals surface area contributed by atoms with E-state index >= 15 is 0 Å². The van der Waals surface area contributed by atoms with Gasteiger partial charge in [0.25, 0.3) is 0 Å². The summed E-state index contributed by atoms with van der Waals surface area (Å²) in [5.41, 5.74) is 5.45. The number of ether oxygens (including phenoxy) is 1. The Kier molecular flexibility index (Phi) is 6.64. The Bertz CT molecular complexity index is 1290. The van der Waals surface area contributed by atoms with Crippen molar-refractivity contribution >= 4 is 17.1 Å². The van der Waals surface area contributed by atoms with E-state index in [-0.39, 0.29) is 11.5 Å². The molecule has 0 bridgehead atoms. The number of nitrogens with zero attached hydrogens (tertiary/aromatic N) is 5. The highest BCUT2D eigenvalue weighted by Crippen LogP contribution is 2.38. The van der Waals surface area contributed by atoms with Crippen LogP contribution >= 0.6 is 0 Å². The summed E-state index contributed by atoms with van der Waals surface area (Å²) >= 11 is 0. The minimum absolute atomic E-state index is 0.0221. The van der Waals surface area contributed by atoms with Crippen LogP contribution in [-0.4, -0.2) is 83.9 Å². The van der Waals surface area contributed by atoms with Crippen LogP contribution in [0.5, 0.6) is 0 Å². The number of alkyl halides is 1. The minimum Gasteiger partial charge on any atom is -0.373 e. The van der Waals surface area contributed by atoms with Crippen LogP contribution in [-0.2, 0) is 15.1 Å². The van der Waals surface area contributed by atoms with E-state index in [4.69, 9.17) is 4.74 Å². The third-order valence-electron chi connectivity index (χ3n) is 8.92. The Labute approximate surface area is 224 Å². The number of likely N-dealkylation sites (tertiary alicyclic amines) is 1. The minimum atomic E-state index is -0.938. The first-order chi connectivity index (χ1) is 18.4. The maximum atomic E-state index is 13.4. The quantitative estimate of drug-likeness (QED) is 0.485. The molecule has 202 valence electrons. The van der Waals surface area contributed by atoms with Gasteiger partial charge in [-0.2, -0.15) is 5.10 Å². The maximum absolute atomic E-state index is 13.4. The number of halogens is 1. The number of amides is 1. The molecule has 6 rings (SSSR count). The van der Waals surface area contributed by atoms with E-state index in [9.17, 15) is 9.18 Å². The molecule has 4 heterocycles. The Morgan fingerprint density at radius 1 is 1.03 bits per heavy atom. The van der Waals surface area contributed by atoms with Gasteiger partial charge in [0.2, 0.25) is 5.91 Å². The van der Waals surface area contributed by atoms with Gasteiger partial charge in [-0.1, -0.05) is 24.3 Å². The Balaban J connectivity index is 1.18. The van der Waals surface area contributed by atoms with Crippen LogP contribution in [0.4, 0.5) is 10.1 Å². The zero-order chi connectivity index (χ0) is 26.4. The maximum Gasteiger partial charge on any atom is 0.228 e. The van der Waals surface area contributed by atoms with Gasteiger partial charge in [0.15, 0.2) is 0 Å². The molecule has 7 nitrogen and oxygen atoms in total. The highest BCUT2D eigenvalue weighted by Gasteiger charge is 2.46. The number of rotatable bonds is 6. The second kappa shape index (κ2) is 9.97. The molecule has 38 heavy (non-hydrogen) atoms. The smallest absolute Gasteiger partial charge is 0.228 e. The first kappa shape index (κ1) is 25.3. The molecule has 3 aromatic rings. The summed E-state index contributed by atoms with van der Waals surface area (Å²) in [7, 11) is 1.84. The summed E-state index contributed by atoms with van der Waals surface area (Å²) in [6.07, 6.45) is 5.36. The van der Waals surface area contributed by atoms with Gasteiger partial charge in [-0.05, 0) is 56.4 Å². The molecular formula is C30H38FN5O2. The molecule has 0 N–H and O–H groups in total. The van der Waals surface area contributed by atoms with Gasteiger partial charge < -0.3 is 19.4 Å². The van der Waals surface area contributed by atoms with Crippen LogP contribution in [0.2, 0.25) is 0 Å². The van der Waals surface area contributed by atoms with Gasteiger partial charge in [0.05, 0.1) is 22.7 Å². The highest BCUT2D eigenvalue weighted by molar-refractivity contribution is 5.83. The molecule has 3 aliphatic rings. The standard InChI is InChI=1S/C30H38FN5O2/c1-21(2)33-12-9-30(38-3,10-13-33)24-6-4-22(5-7-24)23-18-28-27(8-11-32-36(28)20-23)34-14-16-35(17-15-34)29(37)25-19-26(25)31/h4-8,11,18,20-21,25-26H,9-10,12-17,19H2,1-3H3/t25-,26-/m0/s1. The van der Waals surface area contributed by atoms with Gasteiger partial charge in [0.1, 0.15) is 6.17 Å². The van der Waals surface area contributed by atoms with E-state index in [2.05, 4.69) is 65.3 Å². The van der Waals surface area contributed by atoms with E-state index in [0.717, 1.165) is 61.4 Å². The van der Waals surface area contributed by atoms with E-state index in [1.807, 2.05) is 28.8 Å². The van der Waals surface area contributed by atoms with Crippen molar-refractivity contribution in [3.63, 3.8) is 0 Å². The molecule has 1 aliphatic carbocycles. The zero-order valence-electron chi connectivity index (χ0n) is 22.6. The van der Waals surface area contributed by atoms with Crippen LogP contribution in [0.15, 0.2) is 48.8 Å². The molecule has 1 aromatic carbocycles. The molecular weight excluding hydrogens is 481 g/mol. The number of carbonyl (C=O) groups excluding carboxylic acids is 1. The lowest BCUT2D eigenvalue weighted by molar-refractivity contribution is -0.133. The first-order valence-electron chi connectivity index (χ1n) is 13.9. The van der Waals surface area contributed by atoms with E-state index in [1.54, 1.807) is 0 Å². The Hall–Kier alpha value is -2.97. The van der Waals surface area contributed by atoms with Crippen LogP contribution in [0, 0.1) is 5.92 Å².